The van der Waals surface area contributed by atoms with Gasteiger partial charge in [0.25, 0.3) is 0 Å². The predicted molar refractivity (Wildman–Crippen MR) is 82.7 cm³/mol. The number of carbonyl (C=O) groups excluding carboxylic acids is 1. The van der Waals surface area contributed by atoms with Crippen molar-refractivity contribution in [3.8, 4) is 0 Å². The average molecular weight is 303 g/mol. The topological polar surface area (TPSA) is 44.8 Å². The first-order valence-corrected chi connectivity index (χ1v) is 13.1. The average Bonchev–Trinajstić information content (AvgIpc) is 2.10. The van der Waals surface area contributed by atoms with Crippen LogP contribution in [0.4, 0.5) is 0 Å². The van der Waals surface area contributed by atoms with E-state index in [2.05, 4.69) is 44.0 Å². The molecule has 4 nitrogen and oxygen atoms in total. The lowest BCUT2D eigenvalue weighted by Gasteiger charge is -2.22. The van der Waals surface area contributed by atoms with Gasteiger partial charge in [0.2, 0.25) is 16.6 Å². The van der Waals surface area contributed by atoms with Crippen molar-refractivity contribution < 1.29 is 18.4 Å². The second-order valence-corrected chi connectivity index (χ2v) is 15.1. The van der Waals surface area contributed by atoms with Gasteiger partial charge in [0.1, 0.15) is 5.76 Å². The fraction of sp³-hybridized carbons (Fsp3) is 0.615. The molecule has 0 saturated heterocycles. The fourth-order valence-electron chi connectivity index (χ4n) is 1.34. The molecule has 0 amide bonds. The summed E-state index contributed by atoms with van der Waals surface area (Å²) in [4.78, 5) is 11.4. The summed E-state index contributed by atoms with van der Waals surface area (Å²) in [6.07, 6.45) is 3.11. The molecule has 0 spiro atoms. The normalized spacial score (nSPS) is 14.1. The second-order valence-electron chi connectivity index (χ2n) is 6.25. The third-order valence-electron chi connectivity index (χ3n) is 1.70. The molecule has 0 aromatic heterocycles. The lowest BCUT2D eigenvalue weighted by atomic mass is 10.4. The van der Waals surface area contributed by atoms with Crippen LogP contribution in [0.15, 0.2) is 23.7 Å². The SMILES string of the molecule is COC(=O)/C=C(/C=C(/C)O[Si](C)(C)C)O[Si](C)(C)C. The van der Waals surface area contributed by atoms with Gasteiger partial charge < -0.3 is 13.6 Å². The molecule has 0 aromatic carbocycles. The number of hydrogen-bond donors (Lipinski definition) is 0. The Morgan fingerprint density at radius 3 is 1.74 bits per heavy atom. The predicted octanol–water partition coefficient (Wildman–Crippen LogP) is 3.65. The van der Waals surface area contributed by atoms with Gasteiger partial charge in [-0.15, -0.1) is 0 Å². The molecule has 0 unspecified atom stereocenters. The lowest BCUT2D eigenvalue weighted by Crippen LogP contribution is -2.26. The van der Waals surface area contributed by atoms with Gasteiger partial charge in [0.05, 0.1) is 18.9 Å². The summed E-state index contributed by atoms with van der Waals surface area (Å²) in [5.41, 5.74) is 0. The molecule has 6 heteroatoms. The van der Waals surface area contributed by atoms with Crippen LogP contribution in [0, 0.1) is 0 Å². The summed E-state index contributed by atoms with van der Waals surface area (Å²) in [5.74, 6) is 0.833. The van der Waals surface area contributed by atoms with Crippen molar-refractivity contribution in [2.24, 2.45) is 0 Å². The molecule has 0 aliphatic heterocycles. The maximum absolute atomic E-state index is 11.4. The molecule has 0 aliphatic carbocycles. The van der Waals surface area contributed by atoms with Crippen molar-refractivity contribution in [2.45, 2.75) is 46.2 Å². The molecule has 0 heterocycles. The van der Waals surface area contributed by atoms with Gasteiger partial charge in [-0.2, -0.15) is 0 Å². The van der Waals surface area contributed by atoms with Crippen LogP contribution in [0.25, 0.3) is 0 Å². The fourth-order valence-corrected chi connectivity index (χ4v) is 3.19. The van der Waals surface area contributed by atoms with Crippen molar-refractivity contribution in [1.82, 2.24) is 0 Å². The van der Waals surface area contributed by atoms with Crippen LogP contribution < -0.4 is 0 Å². The standard InChI is InChI=1S/C13H26O4Si2/c1-11(16-18(3,4)5)9-12(10-13(14)15-2)17-19(6,7)8/h9-10H,1-8H3/b11-9-,12-10-. The minimum atomic E-state index is -1.79. The molecule has 0 aliphatic rings. The van der Waals surface area contributed by atoms with E-state index in [4.69, 9.17) is 8.85 Å². The van der Waals surface area contributed by atoms with Crippen LogP contribution in [-0.2, 0) is 18.4 Å². The second kappa shape index (κ2) is 6.95. The zero-order valence-corrected chi connectivity index (χ0v) is 15.3. The van der Waals surface area contributed by atoms with Gasteiger partial charge in [-0.1, -0.05) is 0 Å². The molecule has 0 rings (SSSR count). The van der Waals surface area contributed by atoms with Crippen LogP contribution in [0.5, 0.6) is 0 Å². The van der Waals surface area contributed by atoms with Crippen LogP contribution in [0.2, 0.25) is 39.3 Å². The maximum Gasteiger partial charge on any atom is 0.334 e. The summed E-state index contributed by atoms with van der Waals surface area (Å²) in [7, 11) is -2.09. The van der Waals surface area contributed by atoms with Crippen molar-refractivity contribution >= 4 is 22.6 Å². The highest BCUT2D eigenvalue weighted by Crippen LogP contribution is 2.16. The van der Waals surface area contributed by atoms with Gasteiger partial charge in [-0.05, 0) is 46.2 Å². The van der Waals surface area contributed by atoms with E-state index in [1.54, 1.807) is 6.08 Å². The molecule has 0 N–H and O–H groups in total. The summed E-state index contributed by atoms with van der Waals surface area (Å²) in [5, 5.41) is 0. The summed E-state index contributed by atoms with van der Waals surface area (Å²) in [6.45, 7) is 14.4. The van der Waals surface area contributed by atoms with Crippen molar-refractivity contribution in [3.63, 3.8) is 0 Å². The van der Waals surface area contributed by atoms with E-state index in [0.717, 1.165) is 5.76 Å². The Morgan fingerprint density at radius 1 is 0.895 bits per heavy atom. The molecule has 0 aromatic rings. The van der Waals surface area contributed by atoms with Crippen LogP contribution in [0.1, 0.15) is 6.92 Å². The number of esters is 1. The maximum atomic E-state index is 11.4. The summed E-state index contributed by atoms with van der Waals surface area (Å²) < 4.78 is 16.3. The molecule has 0 fully saturated rings. The quantitative estimate of drug-likeness (QED) is 0.247. The van der Waals surface area contributed by atoms with E-state index < -0.39 is 22.6 Å². The third-order valence-corrected chi connectivity index (χ3v) is 3.48. The van der Waals surface area contributed by atoms with E-state index in [1.807, 2.05) is 6.92 Å². The van der Waals surface area contributed by atoms with E-state index in [1.165, 1.54) is 13.2 Å². The molecule has 0 radical (unpaired) electrons. The number of carbonyl (C=O) groups is 1. The molecular formula is C13H26O4Si2. The molecule has 0 saturated carbocycles. The monoisotopic (exact) mass is 302 g/mol. The van der Waals surface area contributed by atoms with E-state index in [9.17, 15) is 4.79 Å². The summed E-state index contributed by atoms with van der Waals surface area (Å²) >= 11 is 0. The Labute approximate surface area is 118 Å². The smallest absolute Gasteiger partial charge is 0.334 e. The Hall–Kier alpha value is -1.02. The van der Waals surface area contributed by atoms with Crippen molar-refractivity contribution in [3.05, 3.63) is 23.7 Å². The highest BCUT2D eigenvalue weighted by Gasteiger charge is 2.19. The largest absolute Gasteiger partial charge is 0.547 e. The molecule has 0 atom stereocenters. The van der Waals surface area contributed by atoms with Crippen LogP contribution in [0.3, 0.4) is 0 Å². The third kappa shape index (κ3) is 10.6. The van der Waals surface area contributed by atoms with Crippen LogP contribution in [-0.4, -0.2) is 29.7 Å². The van der Waals surface area contributed by atoms with Gasteiger partial charge in [0.15, 0.2) is 0 Å². The molecule has 0 bridgehead atoms. The van der Waals surface area contributed by atoms with Gasteiger partial charge in [0, 0.05) is 6.08 Å². The highest BCUT2D eigenvalue weighted by atomic mass is 28.4. The molecule has 19 heavy (non-hydrogen) atoms. The molecular weight excluding hydrogens is 276 g/mol. The Bertz CT molecular complexity index is 373. The number of ether oxygens (including phenoxy) is 1. The van der Waals surface area contributed by atoms with Gasteiger partial charge in [-0.3, -0.25) is 0 Å². The van der Waals surface area contributed by atoms with Crippen molar-refractivity contribution in [1.29, 1.82) is 0 Å². The number of rotatable bonds is 6. The minimum absolute atomic E-state index is 0.426. The first-order chi connectivity index (χ1) is 8.43. The number of methoxy groups -OCH3 is 1. The van der Waals surface area contributed by atoms with Gasteiger partial charge >= 0.3 is 5.97 Å². The summed E-state index contributed by atoms with van der Waals surface area (Å²) in [6, 6.07) is 0. The van der Waals surface area contributed by atoms with E-state index >= 15 is 0 Å². The zero-order valence-electron chi connectivity index (χ0n) is 13.3. The first kappa shape index (κ1) is 18.0. The first-order valence-electron chi connectivity index (χ1n) is 6.29. The number of allylic oxidation sites excluding steroid dienone is 2. The number of hydrogen-bond acceptors (Lipinski definition) is 4. The van der Waals surface area contributed by atoms with Gasteiger partial charge in [-0.25, -0.2) is 4.79 Å². The van der Waals surface area contributed by atoms with Crippen LogP contribution >= 0.6 is 0 Å². The lowest BCUT2D eigenvalue weighted by molar-refractivity contribution is -0.134. The Kier molecular flexibility index (Phi) is 6.58. The minimum Gasteiger partial charge on any atom is -0.547 e. The Balaban J connectivity index is 5.11. The zero-order chi connectivity index (χ0) is 15.3. The van der Waals surface area contributed by atoms with E-state index in [0.29, 0.717) is 5.76 Å². The highest BCUT2D eigenvalue weighted by molar-refractivity contribution is 6.70. The Morgan fingerprint density at radius 2 is 1.37 bits per heavy atom. The molecule has 110 valence electrons. The van der Waals surface area contributed by atoms with Crippen molar-refractivity contribution in [2.75, 3.05) is 7.11 Å². The van der Waals surface area contributed by atoms with E-state index in [-0.39, 0.29) is 0 Å².